The van der Waals surface area contributed by atoms with Gasteiger partial charge in [-0.15, -0.1) is 5.43 Å². The van der Waals surface area contributed by atoms with Crippen LogP contribution in [0.1, 0.15) is 11.1 Å². The number of para-hydroxylation sites is 1. The van der Waals surface area contributed by atoms with Gasteiger partial charge in [-0.05, 0) is 36.8 Å². The van der Waals surface area contributed by atoms with Crippen LogP contribution in [0.4, 0.5) is 17.1 Å². The molecule has 23 heavy (non-hydrogen) atoms. The average molecular weight is 298 g/mol. The summed E-state index contributed by atoms with van der Waals surface area (Å²) in [5, 5.41) is 1.97. The van der Waals surface area contributed by atoms with E-state index >= 15 is 0 Å². The van der Waals surface area contributed by atoms with Gasteiger partial charge in [-0.1, -0.05) is 54.6 Å². The Bertz CT molecular complexity index is 855. The number of rotatable bonds is 2. The molecular weight excluding hydrogens is 282 g/mol. The molecule has 3 heteroatoms. The lowest BCUT2D eigenvalue weighted by Crippen LogP contribution is -2.35. The van der Waals surface area contributed by atoms with E-state index in [1.165, 1.54) is 5.56 Å². The summed E-state index contributed by atoms with van der Waals surface area (Å²) in [4.78, 5) is 4.74. The fraction of sp³-hybridized carbons (Fsp3) is 0.0500. The molecule has 1 aliphatic heterocycles. The second-order valence-corrected chi connectivity index (χ2v) is 5.54. The molecule has 0 unspecified atom stereocenters. The fourth-order valence-electron chi connectivity index (χ4n) is 2.66. The van der Waals surface area contributed by atoms with E-state index < -0.39 is 0 Å². The number of fused-ring (bicyclic) bond motifs is 1. The van der Waals surface area contributed by atoms with E-state index in [0.717, 1.165) is 28.5 Å². The maximum absolute atomic E-state index is 4.79. The van der Waals surface area contributed by atoms with Crippen LogP contribution in [0, 0.1) is 6.92 Å². The first-order chi connectivity index (χ1) is 11.3. The van der Waals surface area contributed by atoms with Crippen molar-refractivity contribution >= 4 is 22.9 Å². The minimum absolute atomic E-state index is 0.728. The summed E-state index contributed by atoms with van der Waals surface area (Å²) in [5.74, 6) is 0.728. The summed E-state index contributed by atoms with van der Waals surface area (Å²) >= 11 is 0. The number of hydrogen-bond donors (Lipinski definition) is 0. The van der Waals surface area contributed by atoms with Gasteiger partial charge in [0.05, 0.1) is 17.1 Å². The molecule has 0 aromatic heterocycles. The zero-order chi connectivity index (χ0) is 15.6. The van der Waals surface area contributed by atoms with Gasteiger partial charge in [0.15, 0.2) is 5.84 Å². The summed E-state index contributed by atoms with van der Waals surface area (Å²) in [5.41, 5.74) is 9.97. The average Bonchev–Trinajstić information content (AvgIpc) is 2.62. The third-order valence-corrected chi connectivity index (χ3v) is 3.81. The van der Waals surface area contributed by atoms with Crippen LogP contribution in [-0.4, -0.2) is 5.84 Å². The summed E-state index contributed by atoms with van der Waals surface area (Å²) < 4.78 is 0. The molecule has 0 bridgehead atoms. The van der Waals surface area contributed by atoms with E-state index in [-0.39, 0.29) is 0 Å². The number of anilines is 2. The van der Waals surface area contributed by atoms with Crippen molar-refractivity contribution in [2.45, 2.75) is 6.92 Å². The molecule has 3 aromatic rings. The molecule has 1 aliphatic rings. The molecule has 3 aromatic carbocycles. The summed E-state index contributed by atoms with van der Waals surface area (Å²) in [6, 6.07) is 26.5. The van der Waals surface area contributed by atoms with E-state index in [1.807, 2.05) is 53.5 Å². The Kier molecular flexibility index (Phi) is 3.31. The van der Waals surface area contributed by atoms with Crippen LogP contribution in [0.25, 0.3) is 0 Å². The molecule has 0 amide bonds. The molecule has 1 heterocycles. The predicted molar refractivity (Wildman–Crippen MR) is 94.5 cm³/mol. The van der Waals surface area contributed by atoms with Gasteiger partial charge in [0.1, 0.15) is 0 Å². The minimum atomic E-state index is 0.728. The number of amidine groups is 1. The lowest BCUT2D eigenvalue weighted by molar-refractivity contribution is 0.897. The first-order valence-electron chi connectivity index (χ1n) is 7.63. The SMILES string of the molecule is Cc1ccc2c(c1)N(c1ccccc1)[N]C(c1ccccc1)=N2. The van der Waals surface area contributed by atoms with Gasteiger partial charge >= 0.3 is 0 Å². The van der Waals surface area contributed by atoms with Crippen LogP contribution in [0.5, 0.6) is 0 Å². The molecule has 0 aliphatic carbocycles. The molecule has 111 valence electrons. The maximum Gasteiger partial charge on any atom is 0.180 e. The highest BCUT2D eigenvalue weighted by Crippen LogP contribution is 2.37. The van der Waals surface area contributed by atoms with Crippen LogP contribution >= 0.6 is 0 Å². The monoisotopic (exact) mass is 298 g/mol. The molecular formula is C20H16N3. The number of hydrogen-bond acceptors (Lipinski definition) is 2. The molecule has 0 saturated heterocycles. The van der Waals surface area contributed by atoms with E-state index in [0.29, 0.717) is 0 Å². The Morgan fingerprint density at radius 1 is 0.783 bits per heavy atom. The third kappa shape index (κ3) is 2.57. The summed E-state index contributed by atoms with van der Waals surface area (Å²) in [6.45, 7) is 2.08. The van der Waals surface area contributed by atoms with Crippen molar-refractivity contribution < 1.29 is 0 Å². The normalized spacial score (nSPS) is 13.1. The molecule has 0 spiro atoms. The molecule has 0 saturated carbocycles. The fourth-order valence-corrected chi connectivity index (χ4v) is 2.66. The molecule has 4 rings (SSSR count). The highest BCUT2D eigenvalue weighted by Gasteiger charge is 2.23. The van der Waals surface area contributed by atoms with Gasteiger partial charge in [0, 0.05) is 5.56 Å². The van der Waals surface area contributed by atoms with Crippen LogP contribution in [-0.2, 0) is 0 Å². The number of benzene rings is 3. The van der Waals surface area contributed by atoms with Gasteiger partial charge in [-0.25, -0.2) is 10.0 Å². The van der Waals surface area contributed by atoms with E-state index in [2.05, 4.69) is 37.3 Å². The van der Waals surface area contributed by atoms with Crippen molar-refractivity contribution in [3.05, 3.63) is 90.0 Å². The van der Waals surface area contributed by atoms with E-state index in [4.69, 9.17) is 10.4 Å². The van der Waals surface area contributed by atoms with E-state index in [9.17, 15) is 0 Å². The molecule has 0 fully saturated rings. The lowest BCUT2D eigenvalue weighted by Gasteiger charge is -2.29. The zero-order valence-electron chi connectivity index (χ0n) is 12.8. The van der Waals surface area contributed by atoms with Crippen molar-refractivity contribution in [3.63, 3.8) is 0 Å². The Hall–Kier alpha value is -3.07. The highest BCUT2D eigenvalue weighted by molar-refractivity contribution is 6.04. The molecule has 0 atom stereocenters. The third-order valence-electron chi connectivity index (χ3n) is 3.81. The quantitative estimate of drug-likeness (QED) is 0.671. The number of aliphatic imine (C=N–C) groups is 1. The zero-order valence-corrected chi connectivity index (χ0v) is 12.8. The van der Waals surface area contributed by atoms with Crippen molar-refractivity contribution in [3.8, 4) is 0 Å². The first-order valence-corrected chi connectivity index (χ1v) is 7.63. The Morgan fingerprint density at radius 2 is 1.48 bits per heavy atom. The molecule has 1 radical (unpaired) electrons. The Labute approximate surface area is 135 Å². The first kappa shape index (κ1) is 13.6. The van der Waals surface area contributed by atoms with Gasteiger partial charge in [-0.3, -0.25) is 0 Å². The maximum atomic E-state index is 4.79. The standard InChI is InChI=1S/C20H16N3/c1-15-12-13-18-19(14-15)23(17-10-6-3-7-11-17)22-20(21-18)16-8-4-2-5-9-16/h2-14H,1H3. The lowest BCUT2D eigenvalue weighted by atomic mass is 10.1. The van der Waals surface area contributed by atoms with Crippen LogP contribution in [0.15, 0.2) is 83.9 Å². The van der Waals surface area contributed by atoms with Crippen molar-refractivity contribution in [2.75, 3.05) is 5.01 Å². The molecule has 0 N–H and O–H groups in total. The second-order valence-electron chi connectivity index (χ2n) is 5.54. The predicted octanol–water partition coefficient (Wildman–Crippen LogP) is 4.74. The van der Waals surface area contributed by atoms with Crippen LogP contribution in [0.2, 0.25) is 0 Å². The van der Waals surface area contributed by atoms with E-state index in [1.54, 1.807) is 0 Å². The van der Waals surface area contributed by atoms with Gasteiger partial charge in [0.2, 0.25) is 0 Å². The van der Waals surface area contributed by atoms with Gasteiger partial charge in [0.25, 0.3) is 0 Å². The van der Waals surface area contributed by atoms with Crippen molar-refractivity contribution in [1.29, 1.82) is 0 Å². The number of aryl methyl sites for hydroxylation is 1. The smallest absolute Gasteiger partial charge is 0.180 e. The Morgan fingerprint density at radius 3 is 2.22 bits per heavy atom. The van der Waals surface area contributed by atoms with Crippen molar-refractivity contribution in [2.24, 2.45) is 4.99 Å². The van der Waals surface area contributed by atoms with Crippen LogP contribution in [0.3, 0.4) is 0 Å². The van der Waals surface area contributed by atoms with Crippen LogP contribution < -0.4 is 10.4 Å². The van der Waals surface area contributed by atoms with Gasteiger partial charge in [-0.2, -0.15) is 0 Å². The Balaban J connectivity index is 1.86. The molecule has 3 nitrogen and oxygen atoms in total. The minimum Gasteiger partial charge on any atom is -0.229 e. The largest absolute Gasteiger partial charge is 0.229 e. The summed E-state index contributed by atoms with van der Waals surface area (Å²) in [7, 11) is 0. The van der Waals surface area contributed by atoms with Gasteiger partial charge < -0.3 is 0 Å². The second kappa shape index (κ2) is 5.61. The highest BCUT2D eigenvalue weighted by atomic mass is 15.5. The topological polar surface area (TPSA) is 29.7 Å². The number of nitrogens with zero attached hydrogens (tertiary/aromatic N) is 3. The van der Waals surface area contributed by atoms with Crippen molar-refractivity contribution in [1.82, 2.24) is 5.43 Å². The summed E-state index contributed by atoms with van der Waals surface area (Å²) in [6.07, 6.45) is 0.